The molecule has 9 aliphatic rings. The Morgan fingerprint density at radius 3 is 2.09 bits per heavy atom. The van der Waals surface area contributed by atoms with Crippen molar-refractivity contribution in [3.05, 3.63) is 11.6 Å². The molecule has 1 spiro atoms. The minimum Gasteiger partial charge on any atom is -0.461 e. The largest absolute Gasteiger partial charge is 0.461 e. The second kappa shape index (κ2) is 16.6. The number of aliphatic hydroxyl groups excluding tert-OH is 10. The highest BCUT2D eigenvalue weighted by atomic mass is 16.8. The van der Waals surface area contributed by atoms with Gasteiger partial charge in [0.1, 0.15) is 78.7 Å². The summed E-state index contributed by atoms with van der Waals surface area (Å²) in [5.41, 5.74) is -0.859. The summed E-state index contributed by atoms with van der Waals surface area (Å²) in [6.45, 7) is 14.2. The third kappa shape index (κ3) is 7.12. The molecular weight excluding hydrogens is 852 g/mol. The molecule has 0 unspecified atom stereocenters. The Hall–Kier alpha value is -1.43. The van der Waals surface area contributed by atoms with Gasteiger partial charge in [-0.2, -0.15) is 0 Å². The highest BCUT2D eigenvalue weighted by molar-refractivity contribution is 5.82. The molecule has 4 heterocycles. The van der Waals surface area contributed by atoms with Gasteiger partial charge in [0.2, 0.25) is 0 Å². The highest BCUT2D eigenvalue weighted by Gasteiger charge is 2.74. The Balaban J connectivity index is 0.904. The second-order valence-corrected chi connectivity index (χ2v) is 23.3. The average Bonchev–Trinajstić information content (AvgIpc) is 3.57. The van der Waals surface area contributed by atoms with Crippen LogP contribution < -0.4 is 0 Å². The first kappa shape index (κ1) is 48.6. The fraction of sp³-hybridized carbons (Fsp3) is 0.936. The fourth-order valence-electron chi connectivity index (χ4n) is 15.2. The summed E-state index contributed by atoms with van der Waals surface area (Å²) in [5.74, 6) is 0.125. The lowest BCUT2D eigenvalue weighted by Gasteiger charge is -2.71. The number of carbonyl (C=O) groups is 1. The molecule has 5 aliphatic carbocycles. The molecule has 0 aromatic carbocycles. The summed E-state index contributed by atoms with van der Waals surface area (Å²) in [6, 6.07) is 0. The third-order valence-electron chi connectivity index (χ3n) is 19.4. The maximum atomic E-state index is 13.7. The van der Waals surface area contributed by atoms with E-state index in [-0.39, 0.29) is 51.5 Å². The maximum Gasteiger partial charge on any atom is 0.315 e. The molecule has 0 amide bonds. The quantitative estimate of drug-likeness (QED) is 0.0855. The van der Waals surface area contributed by atoms with Gasteiger partial charge in [-0.25, -0.2) is 0 Å². The molecule has 9 rings (SSSR count). The molecule has 18 heteroatoms. The molecule has 18 nitrogen and oxygen atoms in total. The van der Waals surface area contributed by atoms with Gasteiger partial charge in [0.25, 0.3) is 0 Å². The lowest BCUT2D eigenvalue weighted by molar-refractivity contribution is -0.367. The van der Waals surface area contributed by atoms with E-state index in [4.69, 9.17) is 33.2 Å². The van der Waals surface area contributed by atoms with Gasteiger partial charge >= 0.3 is 5.97 Å². The summed E-state index contributed by atoms with van der Waals surface area (Å²) in [6.07, 6.45) is -15.1. The van der Waals surface area contributed by atoms with Gasteiger partial charge in [-0.3, -0.25) is 4.79 Å². The topological polar surface area (TPSA) is 284 Å². The van der Waals surface area contributed by atoms with E-state index in [9.17, 15) is 55.9 Å². The number of carbonyl (C=O) groups excluding carboxylic acids is 1. The van der Waals surface area contributed by atoms with Crippen LogP contribution >= 0.6 is 0 Å². The van der Waals surface area contributed by atoms with Crippen LogP contribution in [0.4, 0.5) is 0 Å². The van der Waals surface area contributed by atoms with Crippen LogP contribution in [0.2, 0.25) is 0 Å². The maximum absolute atomic E-state index is 13.7. The van der Waals surface area contributed by atoms with Crippen LogP contribution in [0.1, 0.15) is 99.8 Å². The molecule has 0 radical (unpaired) electrons. The van der Waals surface area contributed by atoms with Crippen molar-refractivity contribution in [2.45, 2.75) is 204 Å². The van der Waals surface area contributed by atoms with E-state index in [2.05, 4.69) is 54.5 Å². The zero-order valence-corrected chi connectivity index (χ0v) is 38.6. The zero-order chi connectivity index (χ0) is 47.1. The van der Waals surface area contributed by atoms with E-state index in [0.29, 0.717) is 19.3 Å². The highest BCUT2D eigenvalue weighted by Crippen LogP contribution is 2.76. The van der Waals surface area contributed by atoms with Gasteiger partial charge in [-0.15, -0.1) is 0 Å². The molecule has 4 saturated carbocycles. The predicted octanol–water partition coefficient (Wildman–Crippen LogP) is -0.233. The first-order valence-electron chi connectivity index (χ1n) is 23.9. The van der Waals surface area contributed by atoms with E-state index in [1.807, 2.05) is 0 Å². The SMILES string of the molecule is CC1(C)C[C@H]2C3=CC[C@H]4[C@]5(C)CC[C@@H](O[C@@H]6O[C@@H](CO[C@@H]7O[C@@H](CO)[C@H](O)[C@@H](O)[C@@H]7O[C@@H]7OC[C@@H](O)[C@H](O)[C@H]7O)[C@@H](O)[C@H](O)[C@@H]6O)C(C)(C)[C@H]5CC[C@]4(C)[C@]3(C)C[C@H](O)[C@@]23C[C@@H]1OC3=O. The molecule has 4 saturated heterocycles. The molecule has 10 N–H and O–H groups in total. The van der Waals surface area contributed by atoms with Crippen molar-refractivity contribution in [2.24, 2.45) is 50.2 Å². The first-order chi connectivity index (χ1) is 30.4. The Labute approximate surface area is 380 Å². The summed E-state index contributed by atoms with van der Waals surface area (Å²) >= 11 is 0. The van der Waals surface area contributed by atoms with Crippen LogP contribution in [0.5, 0.6) is 0 Å². The van der Waals surface area contributed by atoms with E-state index in [1.165, 1.54) is 5.57 Å². The van der Waals surface area contributed by atoms with Gasteiger partial charge in [0, 0.05) is 11.8 Å². The molecule has 65 heavy (non-hydrogen) atoms. The third-order valence-corrected chi connectivity index (χ3v) is 19.4. The van der Waals surface area contributed by atoms with Gasteiger partial charge in [-0.1, -0.05) is 60.1 Å². The summed E-state index contributed by atoms with van der Waals surface area (Å²) in [7, 11) is 0. The Bertz CT molecular complexity index is 1830. The Morgan fingerprint density at radius 1 is 0.708 bits per heavy atom. The zero-order valence-electron chi connectivity index (χ0n) is 38.6. The van der Waals surface area contributed by atoms with E-state index >= 15 is 0 Å². The van der Waals surface area contributed by atoms with Crippen LogP contribution in [0.25, 0.3) is 0 Å². The van der Waals surface area contributed by atoms with E-state index in [0.717, 1.165) is 32.1 Å². The number of allylic oxidation sites excluding steroid dienone is 2. The molecule has 8 fully saturated rings. The van der Waals surface area contributed by atoms with E-state index in [1.54, 1.807) is 0 Å². The van der Waals surface area contributed by atoms with Gasteiger partial charge in [0.15, 0.2) is 18.9 Å². The molecule has 370 valence electrons. The number of esters is 1. The van der Waals surface area contributed by atoms with Crippen molar-refractivity contribution in [1.29, 1.82) is 0 Å². The van der Waals surface area contributed by atoms with Crippen LogP contribution in [-0.4, -0.2) is 181 Å². The van der Waals surface area contributed by atoms with Crippen molar-refractivity contribution in [1.82, 2.24) is 0 Å². The minimum absolute atomic E-state index is 0.0793. The molecule has 0 aromatic heterocycles. The second-order valence-electron chi connectivity index (χ2n) is 23.3. The lowest BCUT2D eigenvalue weighted by atomic mass is 9.33. The standard InChI is InChI=1S/C47H74O18/c1-42(2)14-21-20-8-9-26-44(5)12-11-28(43(3,4)25(44)10-13-45(26,6)46(20,7)15-27(50)47(21)16-29(42)64-41(47)58)63-39-36(57)33(54)32(53)24(62-39)19-60-40-37(34(55)31(52)23(17-48)61-40)65-38-35(56)30(51)22(49)18-59-38/h8,21-40,48-57H,9-19H2,1-7H3/t21-,22+,23-,24-,25+,26-,27-,28+,29-,30-,31-,32+,33-,34+,35+,36-,37-,38-,39-,40+,44+,45-,46+,47+/m0/s1. The predicted molar refractivity (Wildman–Crippen MR) is 224 cm³/mol. The lowest BCUT2D eigenvalue weighted by Crippen LogP contribution is -2.67. The van der Waals surface area contributed by atoms with Gasteiger partial charge in [0.05, 0.1) is 32.0 Å². The molecule has 2 bridgehead atoms. The number of hydrogen-bond donors (Lipinski definition) is 10. The van der Waals surface area contributed by atoms with Crippen LogP contribution in [0, 0.1) is 50.2 Å². The Kier molecular flexibility index (Phi) is 12.4. The average molecular weight is 927 g/mol. The number of fused-ring (bicyclic) bond motifs is 7. The van der Waals surface area contributed by atoms with Crippen molar-refractivity contribution in [3.8, 4) is 0 Å². The number of hydrogen-bond acceptors (Lipinski definition) is 18. The number of rotatable bonds is 8. The smallest absolute Gasteiger partial charge is 0.315 e. The normalized spacial score (nSPS) is 55.8. The van der Waals surface area contributed by atoms with Crippen molar-refractivity contribution < 1.29 is 89.0 Å². The molecule has 4 aliphatic heterocycles. The summed E-state index contributed by atoms with van der Waals surface area (Å²) < 4.78 is 41.6. The summed E-state index contributed by atoms with van der Waals surface area (Å²) in [5, 5.41) is 108. The Morgan fingerprint density at radius 2 is 1.38 bits per heavy atom. The van der Waals surface area contributed by atoms with Crippen molar-refractivity contribution in [3.63, 3.8) is 0 Å². The minimum atomic E-state index is -1.76. The fourth-order valence-corrected chi connectivity index (χ4v) is 15.2. The summed E-state index contributed by atoms with van der Waals surface area (Å²) in [4.78, 5) is 13.7. The molecular formula is C47H74O18. The molecule has 0 aromatic rings. The van der Waals surface area contributed by atoms with Crippen LogP contribution in [0.15, 0.2) is 11.6 Å². The molecule has 24 atom stereocenters. The van der Waals surface area contributed by atoms with Crippen LogP contribution in [0.3, 0.4) is 0 Å². The first-order valence-corrected chi connectivity index (χ1v) is 23.9. The van der Waals surface area contributed by atoms with Gasteiger partial charge < -0.3 is 84.2 Å². The monoisotopic (exact) mass is 926 g/mol. The van der Waals surface area contributed by atoms with Gasteiger partial charge in [-0.05, 0) is 84.4 Å². The van der Waals surface area contributed by atoms with Crippen molar-refractivity contribution in [2.75, 3.05) is 19.8 Å². The number of aliphatic hydroxyl groups is 10. The number of ether oxygens (including phenoxy) is 7. The van der Waals surface area contributed by atoms with Crippen molar-refractivity contribution >= 4 is 5.97 Å². The van der Waals surface area contributed by atoms with E-state index < -0.39 is 129 Å². The van der Waals surface area contributed by atoms with Crippen LogP contribution in [-0.2, 0) is 38.0 Å².